The van der Waals surface area contributed by atoms with Crippen molar-refractivity contribution in [2.75, 3.05) is 20.3 Å². The predicted octanol–water partition coefficient (Wildman–Crippen LogP) is 7.30. The number of hydrogen-bond donors (Lipinski definition) is 0. The Hall–Kier alpha value is -3.67. The van der Waals surface area contributed by atoms with Crippen LogP contribution in [0.3, 0.4) is 0 Å². The lowest BCUT2D eigenvalue weighted by Crippen LogP contribution is -2.33. The Labute approximate surface area is 219 Å². The van der Waals surface area contributed by atoms with E-state index in [0.717, 1.165) is 52.5 Å². The van der Waals surface area contributed by atoms with Crippen molar-refractivity contribution in [3.8, 4) is 23.0 Å². The van der Waals surface area contributed by atoms with Crippen molar-refractivity contribution in [1.82, 2.24) is 5.01 Å². The number of ether oxygens (including phenoxy) is 4. The molecule has 0 fully saturated rings. The fourth-order valence-corrected chi connectivity index (χ4v) is 5.01. The largest absolute Gasteiger partial charge is 0.494 e. The lowest BCUT2D eigenvalue weighted by molar-refractivity contribution is -0.0191. The Kier molecular flexibility index (Phi) is 7.83. The third-order valence-electron chi connectivity index (χ3n) is 6.93. The summed E-state index contributed by atoms with van der Waals surface area (Å²) in [4.78, 5) is 0. The van der Waals surface area contributed by atoms with Crippen molar-refractivity contribution in [1.29, 1.82) is 0 Å². The molecule has 0 spiro atoms. The standard InChI is InChI=1S/C31H36N2O4/c1-4-6-7-10-19-36-29-18-15-23(20-30(29)34-3)31-33-27(25-11-8-9-12-28(25)37-31)21-26(32-33)22-13-16-24(17-14-22)35-5-2/h8-9,11-18,20,27,31H,4-7,10,19,21H2,1-3H3/t27-,31-/m0/s1. The van der Waals surface area contributed by atoms with E-state index in [1.54, 1.807) is 7.11 Å². The highest BCUT2D eigenvalue weighted by atomic mass is 16.5. The van der Waals surface area contributed by atoms with Gasteiger partial charge < -0.3 is 18.9 Å². The highest BCUT2D eigenvalue weighted by Gasteiger charge is 2.41. The SMILES string of the molecule is CCCCCCOc1ccc([C@@H]2Oc3ccccc3[C@@H]3CC(c4ccc(OCC)cc4)=NN32)cc1OC. The summed E-state index contributed by atoms with van der Waals surface area (Å²) in [7, 11) is 1.68. The van der Waals surface area contributed by atoms with E-state index >= 15 is 0 Å². The molecule has 0 radical (unpaired) electrons. The van der Waals surface area contributed by atoms with E-state index in [1.165, 1.54) is 19.3 Å². The summed E-state index contributed by atoms with van der Waals surface area (Å²) < 4.78 is 23.9. The number of methoxy groups -OCH3 is 1. The van der Waals surface area contributed by atoms with Crippen LogP contribution >= 0.6 is 0 Å². The Morgan fingerprint density at radius 2 is 1.76 bits per heavy atom. The minimum Gasteiger partial charge on any atom is -0.494 e. The van der Waals surface area contributed by atoms with Crippen molar-refractivity contribution in [3.05, 3.63) is 83.4 Å². The molecule has 2 heterocycles. The second-order valence-electron chi connectivity index (χ2n) is 9.43. The summed E-state index contributed by atoms with van der Waals surface area (Å²) in [6.07, 6.45) is 5.10. The topological polar surface area (TPSA) is 52.5 Å². The molecule has 2 aliphatic heterocycles. The van der Waals surface area contributed by atoms with Crippen molar-refractivity contribution in [2.24, 2.45) is 5.10 Å². The lowest BCUT2D eigenvalue weighted by atomic mass is 9.96. The minimum absolute atomic E-state index is 0.0944. The van der Waals surface area contributed by atoms with Gasteiger partial charge in [0.05, 0.1) is 32.1 Å². The molecule has 6 nitrogen and oxygen atoms in total. The fraction of sp³-hybridized carbons (Fsp3) is 0.387. The molecule has 0 saturated heterocycles. The van der Waals surface area contributed by atoms with Gasteiger partial charge in [0.1, 0.15) is 11.5 Å². The number of hydrogen-bond acceptors (Lipinski definition) is 6. The molecule has 37 heavy (non-hydrogen) atoms. The molecule has 194 valence electrons. The maximum Gasteiger partial charge on any atom is 0.214 e. The van der Waals surface area contributed by atoms with Crippen LogP contribution in [-0.2, 0) is 0 Å². The normalized spacial score (nSPS) is 17.9. The van der Waals surface area contributed by atoms with Crippen LogP contribution < -0.4 is 18.9 Å². The summed E-state index contributed by atoms with van der Waals surface area (Å²) >= 11 is 0. The molecule has 2 atom stereocenters. The number of rotatable bonds is 11. The van der Waals surface area contributed by atoms with Crippen LogP contribution in [0.2, 0.25) is 0 Å². The Bertz CT molecular complexity index is 1220. The van der Waals surface area contributed by atoms with Gasteiger partial charge >= 0.3 is 0 Å². The van der Waals surface area contributed by atoms with Crippen LogP contribution in [0.25, 0.3) is 0 Å². The Morgan fingerprint density at radius 1 is 0.919 bits per heavy atom. The quantitative estimate of drug-likeness (QED) is 0.259. The molecule has 0 N–H and O–H groups in total. The number of benzene rings is 3. The van der Waals surface area contributed by atoms with Crippen LogP contribution in [0.15, 0.2) is 71.8 Å². The summed E-state index contributed by atoms with van der Waals surface area (Å²) in [6, 6.07) is 22.6. The van der Waals surface area contributed by atoms with Gasteiger partial charge in [0.25, 0.3) is 0 Å². The van der Waals surface area contributed by atoms with Gasteiger partial charge in [-0.25, -0.2) is 5.01 Å². The first-order valence-corrected chi connectivity index (χ1v) is 13.4. The molecule has 3 aromatic rings. The van der Waals surface area contributed by atoms with Gasteiger partial charge in [-0.1, -0.05) is 44.4 Å². The third-order valence-corrected chi connectivity index (χ3v) is 6.93. The second-order valence-corrected chi connectivity index (χ2v) is 9.43. The van der Waals surface area contributed by atoms with Crippen LogP contribution in [0.1, 0.15) is 74.9 Å². The third kappa shape index (κ3) is 5.38. The van der Waals surface area contributed by atoms with Crippen LogP contribution in [0, 0.1) is 0 Å². The molecule has 0 saturated carbocycles. The number of unbranched alkanes of at least 4 members (excludes halogenated alkanes) is 3. The van der Waals surface area contributed by atoms with E-state index in [0.29, 0.717) is 19.0 Å². The number of fused-ring (bicyclic) bond motifs is 3. The Balaban J connectivity index is 1.42. The molecular weight excluding hydrogens is 464 g/mol. The number of hydrazone groups is 1. The lowest BCUT2D eigenvalue weighted by Gasteiger charge is -2.38. The van der Waals surface area contributed by atoms with E-state index in [2.05, 4.69) is 42.3 Å². The van der Waals surface area contributed by atoms with E-state index in [9.17, 15) is 0 Å². The smallest absolute Gasteiger partial charge is 0.214 e. The Morgan fingerprint density at radius 3 is 2.54 bits per heavy atom. The van der Waals surface area contributed by atoms with E-state index in [1.807, 2.05) is 43.3 Å². The molecular formula is C31H36N2O4. The molecule has 0 bridgehead atoms. The predicted molar refractivity (Wildman–Crippen MR) is 146 cm³/mol. The second kappa shape index (κ2) is 11.6. The average Bonchev–Trinajstić information content (AvgIpc) is 3.39. The van der Waals surface area contributed by atoms with E-state index in [4.69, 9.17) is 24.0 Å². The molecule has 6 heteroatoms. The molecule has 0 amide bonds. The summed E-state index contributed by atoms with van der Waals surface area (Å²) in [5.74, 6) is 3.23. The van der Waals surface area contributed by atoms with Gasteiger partial charge in [-0.3, -0.25) is 0 Å². The fourth-order valence-electron chi connectivity index (χ4n) is 5.01. The summed E-state index contributed by atoms with van der Waals surface area (Å²) in [6.45, 7) is 5.54. The first-order chi connectivity index (χ1) is 18.2. The maximum absolute atomic E-state index is 6.53. The summed E-state index contributed by atoms with van der Waals surface area (Å²) in [5.41, 5.74) is 4.27. The van der Waals surface area contributed by atoms with Crippen molar-refractivity contribution >= 4 is 5.71 Å². The van der Waals surface area contributed by atoms with Crippen LogP contribution in [0.4, 0.5) is 0 Å². The number of para-hydroxylation sites is 1. The monoisotopic (exact) mass is 500 g/mol. The van der Waals surface area contributed by atoms with Gasteiger partial charge in [0.15, 0.2) is 11.5 Å². The van der Waals surface area contributed by atoms with E-state index in [-0.39, 0.29) is 12.3 Å². The highest BCUT2D eigenvalue weighted by molar-refractivity contribution is 6.02. The molecule has 0 unspecified atom stereocenters. The molecule has 5 rings (SSSR count). The van der Waals surface area contributed by atoms with Gasteiger partial charge in [-0.15, -0.1) is 0 Å². The van der Waals surface area contributed by atoms with Crippen LogP contribution in [-0.4, -0.2) is 31.0 Å². The van der Waals surface area contributed by atoms with Crippen molar-refractivity contribution in [3.63, 3.8) is 0 Å². The van der Waals surface area contributed by atoms with E-state index < -0.39 is 0 Å². The molecule has 0 aliphatic carbocycles. The van der Waals surface area contributed by atoms with Gasteiger partial charge in [-0.05, 0) is 67.4 Å². The van der Waals surface area contributed by atoms with Crippen molar-refractivity contribution in [2.45, 2.75) is 58.2 Å². The number of nitrogens with zero attached hydrogens (tertiary/aromatic N) is 2. The highest BCUT2D eigenvalue weighted by Crippen LogP contribution is 2.48. The van der Waals surface area contributed by atoms with Gasteiger partial charge in [0, 0.05) is 17.5 Å². The van der Waals surface area contributed by atoms with Crippen molar-refractivity contribution < 1.29 is 18.9 Å². The zero-order valence-electron chi connectivity index (χ0n) is 22.0. The zero-order chi connectivity index (χ0) is 25.6. The zero-order valence-corrected chi connectivity index (χ0v) is 22.0. The maximum atomic E-state index is 6.53. The first-order valence-electron chi connectivity index (χ1n) is 13.4. The first kappa shape index (κ1) is 25.0. The molecule has 2 aliphatic rings. The summed E-state index contributed by atoms with van der Waals surface area (Å²) in [5, 5.41) is 7.17. The minimum atomic E-state index is -0.368. The van der Waals surface area contributed by atoms with Gasteiger partial charge in [-0.2, -0.15) is 5.10 Å². The molecule has 3 aromatic carbocycles. The molecule has 0 aromatic heterocycles. The van der Waals surface area contributed by atoms with Crippen LogP contribution in [0.5, 0.6) is 23.0 Å². The van der Waals surface area contributed by atoms with Gasteiger partial charge in [0.2, 0.25) is 6.23 Å². The average molecular weight is 501 g/mol.